The molecule has 0 saturated heterocycles. The Bertz CT molecular complexity index is 816. The monoisotopic (exact) mass is 366 g/mol. The molecule has 1 atom stereocenters. The van der Waals surface area contributed by atoms with E-state index in [1.54, 1.807) is 6.92 Å². The second kappa shape index (κ2) is 9.07. The standard InChI is InChI=1S/C21H22N2O4/c1-2-26-21(25)18-12-22-19(23-13-18)16-8-10-17(11-9-16)20(24)27-14-15-6-4-3-5-7-15/h3-8,12-13,17H,2,9-11,14H2,1H3. The summed E-state index contributed by atoms with van der Waals surface area (Å²) in [6.07, 6.45) is 6.93. The first-order valence-corrected chi connectivity index (χ1v) is 9.06. The van der Waals surface area contributed by atoms with Crippen LogP contribution in [-0.4, -0.2) is 28.5 Å². The number of rotatable bonds is 6. The van der Waals surface area contributed by atoms with E-state index in [-0.39, 0.29) is 11.9 Å². The molecule has 1 heterocycles. The minimum absolute atomic E-state index is 0.142. The molecule has 140 valence electrons. The molecule has 1 aliphatic carbocycles. The number of esters is 2. The largest absolute Gasteiger partial charge is 0.462 e. The zero-order chi connectivity index (χ0) is 19.1. The molecule has 3 rings (SSSR count). The van der Waals surface area contributed by atoms with Gasteiger partial charge in [0.2, 0.25) is 0 Å². The summed E-state index contributed by atoms with van der Waals surface area (Å²) in [5, 5.41) is 0. The summed E-state index contributed by atoms with van der Waals surface area (Å²) >= 11 is 0. The van der Waals surface area contributed by atoms with Gasteiger partial charge in [-0.3, -0.25) is 4.79 Å². The molecule has 6 heteroatoms. The van der Waals surface area contributed by atoms with Crippen molar-refractivity contribution in [2.75, 3.05) is 6.61 Å². The third-order valence-electron chi connectivity index (χ3n) is 4.42. The lowest BCUT2D eigenvalue weighted by Crippen LogP contribution is -2.20. The molecule has 0 N–H and O–H groups in total. The van der Waals surface area contributed by atoms with Gasteiger partial charge in [-0.2, -0.15) is 0 Å². The Balaban J connectivity index is 1.54. The average molecular weight is 366 g/mol. The van der Waals surface area contributed by atoms with Crippen molar-refractivity contribution in [2.45, 2.75) is 32.8 Å². The number of aromatic nitrogens is 2. The quantitative estimate of drug-likeness (QED) is 0.727. The number of carbonyl (C=O) groups is 2. The third-order valence-corrected chi connectivity index (χ3v) is 4.42. The summed E-state index contributed by atoms with van der Waals surface area (Å²) in [6.45, 7) is 2.36. The van der Waals surface area contributed by atoms with Gasteiger partial charge in [-0.05, 0) is 37.3 Å². The highest BCUT2D eigenvalue weighted by Crippen LogP contribution is 2.29. The summed E-state index contributed by atoms with van der Waals surface area (Å²) in [7, 11) is 0. The smallest absolute Gasteiger partial charge is 0.341 e. The van der Waals surface area contributed by atoms with Crippen molar-refractivity contribution in [3.8, 4) is 0 Å². The average Bonchev–Trinajstić information content (AvgIpc) is 2.73. The third kappa shape index (κ3) is 5.00. The summed E-state index contributed by atoms with van der Waals surface area (Å²) in [5.41, 5.74) is 2.30. The number of carbonyl (C=O) groups excluding carboxylic acids is 2. The Labute approximate surface area is 158 Å². The van der Waals surface area contributed by atoms with E-state index in [1.165, 1.54) is 12.4 Å². The number of benzene rings is 1. The van der Waals surface area contributed by atoms with Gasteiger partial charge in [0.1, 0.15) is 6.61 Å². The predicted molar refractivity (Wildman–Crippen MR) is 99.5 cm³/mol. The van der Waals surface area contributed by atoms with Gasteiger partial charge < -0.3 is 9.47 Å². The second-order valence-electron chi connectivity index (χ2n) is 6.31. The van der Waals surface area contributed by atoms with E-state index in [2.05, 4.69) is 9.97 Å². The molecule has 1 aliphatic rings. The zero-order valence-corrected chi connectivity index (χ0v) is 15.3. The topological polar surface area (TPSA) is 78.4 Å². The first kappa shape index (κ1) is 18.8. The van der Waals surface area contributed by atoms with E-state index in [9.17, 15) is 9.59 Å². The molecule has 0 radical (unpaired) electrons. The van der Waals surface area contributed by atoms with Crippen LogP contribution >= 0.6 is 0 Å². The SMILES string of the molecule is CCOC(=O)c1cnc(C2=CCC(C(=O)OCc3ccccc3)CC2)nc1. The Hall–Kier alpha value is -3.02. The maximum absolute atomic E-state index is 12.3. The second-order valence-corrected chi connectivity index (χ2v) is 6.31. The normalized spacial score (nSPS) is 16.3. The van der Waals surface area contributed by atoms with Gasteiger partial charge in [0.25, 0.3) is 0 Å². The molecular weight excluding hydrogens is 344 g/mol. The highest BCUT2D eigenvalue weighted by atomic mass is 16.5. The molecule has 0 aliphatic heterocycles. The number of hydrogen-bond acceptors (Lipinski definition) is 6. The molecule has 0 bridgehead atoms. The molecule has 1 aromatic heterocycles. The van der Waals surface area contributed by atoms with Crippen molar-refractivity contribution in [2.24, 2.45) is 5.92 Å². The molecule has 1 aromatic carbocycles. The van der Waals surface area contributed by atoms with Crippen LogP contribution in [0.15, 0.2) is 48.8 Å². The van der Waals surface area contributed by atoms with Gasteiger partial charge in [0.05, 0.1) is 18.1 Å². The predicted octanol–water partition coefficient (Wildman–Crippen LogP) is 3.58. The molecule has 0 saturated carbocycles. The number of nitrogens with zero attached hydrogens (tertiary/aromatic N) is 2. The van der Waals surface area contributed by atoms with Crippen molar-refractivity contribution in [3.05, 3.63) is 65.8 Å². The van der Waals surface area contributed by atoms with E-state index < -0.39 is 5.97 Å². The van der Waals surface area contributed by atoms with Crippen molar-refractivity contribution in [1.82, 2.24) is 9.97 Å². The van der Waals surface area contributed by atoms with E-state index in [4.69, 9.17) is 9.47 Å². The molecule has 6 nitrogen and oxygen atoms in total. The van der Waals surface area contributed by atoms with E-state index in [0.717, 1.165) is 11.1 Å². The molecular formula is C21H22N2O4. The van der Waals surface area contributed by atoms with E-state index in [1.807, 2.05) is 36.4 Å². The minimum Gasteiger partial charge on any atom is -0.462 e. The van der Waals surface area contributed by atoms with Crippen LogP contribution in [0.3, 0.4) is 0 Å². The zero-order valence-electron chi connectivity index (χ0n) is 15.3. The van der Waals surface area contributed by atoms with E-state index >= 15 is 0 Å². The Morgan fingerprint density at radius 2 is 1.85 bits per heavy atom. The molecule has 1 unspecified atom stereocenters. The van der Waals surface area contributed by atoms with Crippen LogP contribution in [0.2, 0.25) is 0 Å². The highest BCUT2D eigenvalue weighted by molar-refractivity contribution is 5.88. The van der Waals surface area contributed by atoms with Crippen molar-refractivity contribution >= 4 is 17.5 Å². The lowest BCUT2D eigenvalue weighted by Gasteiger charge is -2.20. The molecule has 2 aromatic rings. The Kier molecular flexibility index (Phi) is 6.30. The maximum Gasteiger partial charge on any atom is 0.341 e. The van der Waals surface area contributed by atoms with Crippen LogP contribution in [0, 0.1) is 5.92 Å². The summed E-state index contributed by atoms with van der Waals surface area (Å²) in [4.78, 5) is 32.4. The van der Waals surface area contributed by atoms with Gasteiger partial charge in [-0.25, -0.2) is 14.8 Å². The van der Waals surface area contributed by atoms with Crippen LogP contribution in [0.25, 0.3) is 5.57 Å². The van der Waals surface area contributed by atoms with Crippen LogP contribution in [0.1, 0.15) is 47.9 Å². The van der Waals surface area contributed by atoms with Crippen molar-refractivity contribution < 1.29 is 19.1 Å². The fourth-order valence-electron chi connectivity index (χ4n) is 2.91. The van der Waals surface area contributed by atoms with Crippen molar-refractivity contribution in [3.63, 3.8) is 0 Å². The van der Waals surface area contributed by atoms with Crippen LogP contribution in [-0.2, 0) is 20.9 Å². The Morgan fingerprint density at radius 1 is 1.11 bits per heavy atom. The number of allylic oxidation sites excluding steroid dienone is 2. The summed E-state index contributed by atoms with van der Waals surface area (Å²) in [6, 6.07) is 9.64. The maximum atomic E-state index is 12.3. The lowest BCUT2D eigenvalue weighted by molar-refractivity contribution is -0.150. The molecule has 0 spiro atoms. The van der Waals surface area contributed by atoms with Gasteiger partial charge >= 0.3 is 11.9 Å². The van der Waals surface area contributed by atoms with E-state index in [0.29, 0.717) is 43.9 Å². The lowest BCUT2D eigenvalue weighted by atomic mass is 9.89. The molecule has 0 fully saturated rings. The van der Waals surface area contributed by atoms with Crippen molar-refractivity contribution in [1.29, 1.82) is 0 Å². The number of ether oxygens (including phenoxy) is 2. The molecule has 0 amide bonds. The fraction of sp³-hybridized carbons (Fsp3) is 0.333. The van der Waals surface area contributed by atoms with Gasteiger partial charge in [-0.1, -0.05) is 36.4 Å². The summed E-state index contributed by atoms with van der Waals surface area (Å²) < 4.78 is 10.3. The fourth-order valence-corrected chi connectivity index (χ4v) is 2.91. The number of hydrogen-bond donors (Lipinski definition) is 0. The first-order chi connectivity index (χ1) is 13.2. The molecule has 27 heavy (non-hydrogen) atoms. The van der Waals surface area contributed by atoms with Gasteiger partial charge in [-0.15, -0.1) is 0 Å². The van der Waals surface area contributed by atoms with Crippen LogP contribution in [0.4, 0.5) is 0 Å². The van der Waals surface area contributed by atoms with Gasteiger partial charge in [0.15, 0.2) is 5.82 Å². The van der Waals surface area contributed by atoms with Gasteiger partial charge in [0, 0.05) is 12.4 Å². The highest BCUT2D eigenvalue weighted by Gasteiger charge is 2.24. The first-order valence-electron chi connectivity index (χ1n) is 9.06. The Morgan fingerprint density at radius 3 is 2.48 bits per heavy atom. The summed E-state index contributed by atoms with van der Waals surface area (Å²) in [5.74, 6) is -0.161. The van der Waals surface area contributed by atoms with Crippen LogP contribution in [0.5, 0.6) is 0 Å². The minimum atomic E-state index is -0.428. The van der Waals surface area contributed by atoms with Crippen LogP contribution < -0.4 is 0 Å².